The summed E-state index contributed by atoms with van der Waals surface area (Å²) in [5.41, 5.74) is 15.4. The fourth-order valence-corrected chi connectivity index (χ4v) is 11.2. The lowest BCUT2D eigenvalue weighted by Gasteiger charge is -2.29. The first-order valence-electron chi connectivity index (χ1n) is 26.3. The fraction of sp³-hybridized carbons (Fsp3) is 0.389. The molecule has 20 nitrogen and oxygen atoms in total. The number of nitrogens with one attached hydrogen (secondary N) is 8. The quantitative estimate of drug-likeness (QED) is 0.0198. The number of amides is 8. The Kier molecular flexibility index (Phi) is 23.7. The first kappa shape index (κ1) is 67.2. The van der Waals surface area contributed by atoms with Crippen molar-refractivity contribution < 1.29 is 82.3 Å². The molecule has 32 heteroatoms. The number of aromatic amines is 1. The lowest BCUT2D eigenvalue weighted by Crippen LogP contribution is -2.61. The summed E-state index contributed by atoms with van der Waals surface area (Å²) in [6, 6.07) is -3.13. The van der Waals surface area contributed by atoms with Crippen LogP contribution in [0.2, 0.25) is 0 Å². The van der Waals surface area contributed by atoms with Gasteiger partial charge in [-0.05, 0) is 55.5 Å². The largest absolute Gasteiger partial charge is 0.368 e. The molecule has 86 heavy (non-hydrogen) atoms. The molecule has 0 unspecified atom stereocenters. The van der Waals surface area contributed by atoms with E-state index in [0.29, 0.717) is 44.5 Å². The van der Waals surface area contributed by atoms with Crippen molar-refractivity contribution in [3.63, 3.8) is 0 Å². The van der Waals surface area contributed by atoms with E-state index in [1.165, 1.54) is 32.2 Å². The summed E-state index contributed by atoms with van der Waals surface area (Å²) >= 11 is 0. The molecule has 0 aliphatic carbocycles. The molecule has 1 fully saturated rings. The van der Waals surface area contributed by atoms with Gasteiger partial charge in [0.15, 0.2) is 46.5 Å². The SMILES string of the molecule is CC(C)[C@H]1NC(=O)[C@H](CCCCN)NC(=O)[C@@H](Cc2c[nH]c3ccccc23)NC(=O)[C@H](Cc2ccccn2)NC(=O)[C@@H](NC(=O)[C@@H](N)Cc2c(F)c(F)c(F)c(F)c2F)CSSC[C@H](C(=O)N[C@@H](Cc2c(F)c(F)c(F)c(F)c2F)C(N)=O)NC1=O. The lowest BCUT2D eigenvalue weighted by molar-refractivity contribution is -0.136. The van der Waals surface area contributed by atoms with Gasteiger partial charge in [-0.25, -0.2) is 43.9 Å². The van der Waals surface area contributed by atoms with Crippen molar-refractivity contribution >= 4 is 79.7 Å². The van der Waals surface area contributed by atoms with Crippen LogP contribution >= 0.6 is 21.6 Å². The fourth-order valence-electron chi connectivity index (χ4n) is 8.84. The van der Waals surface area contributed by atoms with Crippen LogP contribution in [-0.4, -0.2) is 124 Å². The highest BCUT2D eigenvalue weighted by atomic mass is 33.1. The van der Waals surface area contributed by atoms with E-state index in [2.05, 4.69) is 41.9 Å². The summed E-state index contributed by atoms with van der Waals surface area (Å²) < 4.78 is 144. The molecule has 1 aliphatic heterocycles. The third-order valence-corrected chi connectivity index (χ3v) is 16.0. The number of para-hydroxylation sites is 1. The van der Waals surface area contributed by atoms with Gasteiger partial charge < -0.3 is 59.4 Å². The minimum absolute atomic E-state index is 0.109. The molecule has 14 N–H and O–H groups in total. The maximum absolute atomic E-state index is 14.9. The lowest BCUT2D eigenvalue weighted by atomic mass is 10.00. The molecule has 8 atom stereocenters. The van der Waals surface area contributed by atoms with Crippen LogP contribution in [0.3, 0.4) is 0 Å². The molecule has 3 heterocycles. The summed E-state index contributed by atoms with van der Waals surface area (Å²) in [7, 11) is 1.24. The summed E-state index contributed by atoms with van der Waals surface area (Å²) in [6.07, 6.45) is -0.0885. The number of aromatic nitrogens is 2. The van der Waals surface area contributed by atoms with E-state index in [0.717, 1.165) is 0 Å². The van der Waals surface area contributed by atoms with Crippen molar-refractivity contribution in [3.8, 4) is 0 Å². The van der Waals surface area contributed by atoms with Gasteiger partial charge in [0.25, 0.3) is 0 Å². The highest BCUT2D eigenvalue weighted by Gasteiger charge is 2.38. The van der Waals surface area contributed by atoms with E-state index < -0.39 is 202 Å². The van der Waals surface area contributed by atoms with Gasteiger partial charge in [-0.2, -0.15) is 0 Å². The van der Waals surface area contributed by atoms with Crippen LogP contribution in [0.15, 0.2) is 54.9 Å². The molecule has 1 saturated heterocycles. The number of unbranched alkanes of at least 4 members (excludes halogenated alkanes) is 1. The average molecular weight is 1260 g/mol. The number of carbonyl (C=O) groups excluding carboxylic acids is 8. The molecule has 464 valence electrons. The second-order valence-electron chi connectivity index (χ2n) is 20.1. The molecule has 0 bridgehead atoms. The maximum atomic E-state index is 14.9. The second kappa shape index (κ2) is 30.4. The van der Waals surface area contributed by atoms with Gasteiger partial charge in [0.1, 0.15) is 42.3 Å². The Labute approximate surface area is 491 Å². The third-order valence-electron chi connectivity index (χ3n) is 13.6. The number of benzene rings is 3. The maximum Gasteiger partial charge on any atom is 0.244 e. The highest BCUT2D eigenvalue weighted by molar-refractivity contribution is 8.76. The molecule has 1 aliphatic rings. The summed E-state index contributed by atoms with van der Waals surface area (Å²) in [4.78, 5) is 121. The Balaban J connectivity index is 1.43. The smallest absolute Gasteiger partial charge is 0.244 e. The Morgan fingerprint density at radius 2 is 1.17 bits per heavy atom. The molecule has 2 aromatic heterocycles. The van der Waals surface area contributed by atoms with Crippen molar-refractivity contribution in [2.24, 2.45) is 23.1 Å². The molecule has 8 amide bonds. The summed E-state index contributed by atoms with van der Waals surface area (Å²) in [5, 5.41) is 17.6. The molecule has 0 radical (unpaired) electrons. The van der Waals surface area contributed by atoms with Crippen LogP contribution in [0.25, 0.3) is 10.9 Å². The van der Waals surface area contributed by atoms with E-state index in [1.807, 2.05) is 5.32 Å². The number of nitrogens with zero attached hydrogens (tertiary/aromatic N) is 1. The number of nitrogens with two attached hydrogens (primary N) is 3. The van der Waals surface area contributed by atoms with E-state index in [4.69, 9.17) is 17.2 Å². The summed E-state index contributed by atoms with van der Waals surface area (Å²) in [5.74, 6) is -35.7. The van der Waals surface area contributed by atoms with Gasteiger partial charge in [0.2, 0.25) is 58.9 Å². The van der Waals surface area contributed by atoms with E-state index in [9.17, 15) is 82.3 Å². The Bertz CT molecular complexity index is 3300. The number of hydrogen-bond donors (Lipinski definition) is 11. The van der Waals surface area contributed by atoms with Crippen LogP contribution in [-0.2, 0) is 64.0 Å². The van der Waals surface area contributed by atoms with Crippen molar-refractivity contribution in [3.05, 3.63) is 135 Å². The molecular weight excluding hydrogens is 1200 g/mol. The van der Waals surface area contributed by atoms with Crippen molar-refractivity contribution in [2.45, 2.75) is 107 Å². The van der Waals surface area contributed by atoms with E-state index in [-0.39, 0.29) is 31.5 Å². The Hall–Kier alpha value is -7.97. The first-order valence-corrected chi connectivity index (χ1v) is 28.8. The van der Waals surface area contributed by atoms with Crippen LogP contribution in [0, 0.1) is 64.1 Å². The van der Waals surface area contributed by atoms with Crippen molar-refractivity contribution in [1.82, 2.24) is 47.2 Å². The van der Waals surface area contributed by atoms with Crippen LogP contribution < -0.4 is 54.4 Å². The third kappa shape index (κ3) is 16.7. The summed E-state index contributed by atoms with van der Waals surface area (Å²) in [6.45, 7) is 3.09. The monoisotopic (exact) mass is 1260 g/mol. The molecule has 5 aromatic rings. The number of pyridine rings is 1. The number of primary amides is 1. The minimum atomic E-state index is -2.54. The zero-order valence-electron chi connectivity index (χ0n) is 45.5. The van der Waals surface area contributed by atoms with Gasteiger partial charge in [-0.15, -0.1) is 0 Å². The molecule has 6 rings (SSSR count). The van der Waals surface area contributed by atoms with E-state index in [1.54, 1.807) is 36.5 Å². The second-order valence-corrected chi connectivity index (χ2v) is 22.6. The number of hydrogen-bond acceptors (Lipinski definition) is 13. The van der Waals surface area contributed by atoms with Crippen LogP contribution in [0.4, 0.5) is 43.9 Å². The van der Waals surface area contributed by atoms with Gasteiger partial charge in [-0.1, -0.05) is 59.7 Å². The Morgan fingerprint density at radius 3 is 1.76 bits per heavy atom. The molecule has 0 spiro atoms. The van der Waals surface area contributed by atoms with Gasteiger partial charge in [0, 0.05) is 77.3 Å². The zero-order chi connectivity index (χ0) is 63.3. The van der Waals surface area contributed by atoms with Crippen LogP contribution in [0.1, 0.15) is 55.5 Å². The number of halogens is 10. The van der Waals surface area contributed by atoms with Gasteiger partial charge in [-0.3, -0.25) is 43.3 Å². The van der Waals surface area contributed by atoms with Gasteiger partial charge in [0.05, 0.1) is 6.04 Å². The standard InChI is InChI=1S/C54H58F10N12O8S2/c1-22(2)46-54(84)75-35(52(82)71-31(47(67)77)18-27-38(57)42(61)45(64)43(62)39(27)58)21-86-85-20-34(74-48(78)28(66)17-26-36(55)40(59)44(63)41(60)37(26)56)53(83)73-33(16-24-9-6-8-14-68-24)51(81)72-32(15-23-19-69-29-11-4-3-10-25(23)29)50(80)70-30(49(79)76-46)12-5-7-13-65/h3-4,6,8-11,14,19,22,28,30-35,46,69H,5,7,12-13,15-18,20-21,65-66H2,1-2H3,(H2,67,77)(H,70,80)(H,71,82)(H,72,81)(H,73,83)(H,74,78)(H,75,84)(H,76,79)/t28-,30-,31-,32+,33-,34-,35+,46+/m0/s1. The Morgan fingerprint density at radius 1 is 0.640 bits per heavy atom. The molecule has 3 aromatic carbocycles. The van der Waals surface area contributed by atoms with Crippen LogP contribution in [0.5, 0.6) is 0 Å². The number of rotatable bonds is 18. The number of carbonyl (C=O) groups is 8. The van der Waals surface area contributed by atoms with Crippen molar-refractivity contribution in [1.29, 1.82) is 0 Å². The predicted molar refractivity (Wildman–Crippen MR) is 293 cm³/mol. The van der Waals surface area contributed by atoms with E-state index >= 15 is 0 Å². The zero-order valence-corrected chi connectivity index (χ0v) is 47.1. The normalized spacial score (nSPS) is 20.2. The van der Waals surface area contributed by atoms with Gasteiger partial charge >= 0.3 is 0 Å². The topological polar surface area (TPSA) is 328 Å². The number of H-pyrrole nitrogens is 1. The predicted octanol–water partition coefficient (Wildman–Crippen LogP) is 2.61. The first-order chi connectivity index (χ1) is 40.7. The minimum Gasteiger partial charge on any atom is -0.368 e. The average Bonchev–Trinajstić information content (AvgIpc) is 3.47. The molecule has 0 saturated carbocycles. The highest BCUT2D eigenvalue weighted by Crippen LogP contribution is 2.28. The van der Waals surface area contributed by atoms with Crippen molar-refractivity contribution in [2.75, 3.05) is 18.1 Å². The number of fused-ring (bicyclic) bond motifs is 1. The molecular formula is C54H58F10N12O8S2.